The molecule has 0 bridgehead atoms. The van der Waals surface area contributed by atoms with Crippen molar-refractivity contribution in [1.82, 2.24) is 4.90 Å². The predicted octanol–water partition coefficient (Wildman–Crippen LogP) is 3.60. The van der Waals surface area contributed by atoms with E-state index in [1.807, 2.05) is 12.1 Å². The van der Waals surface area contributed by atoms with Crippen molar-refractivity contribution in [3.8, 4) is 0 Å². The second-order valence-corrected chi connectivity index (χ2v) is 4.97. The summed E-state index contributed by atoms with van der Waals surface area (Å²) in [6.45, 7) is 7.37. The van der Waals surface area contributed by atoms with Crippen LogP contribution < -0.4 is 5.73 Å². The van der Waals surface area contributed by atoms with Crippen LogP contribution in [0.5, 0.6) is 0 Å². The number of benzene rings is 2. The lowest BCUT2D eigenvalue weighted by molar-refractivity contribution is 0.271. The fraction of sp³-hybridized carbons (Fsp3) is 0.294. The average molecular weight is 254 g/mol. The Labute approximate surface area is 115 Å². The first-order valence-corrected chi connectivity index (χ1v) is 6.80. The highest BCUT2D eigenvalue weighted by Gasteiger charge is 2.06. The number of nitrogens with two attached hydrogens (primary N) is 1. The van der Waals surface area contributed by atoms with E-state index < -0.39 is 0 Å². The molecule has 2 aromatic carbocycles. The highest BCUT2D eigenvalue weighted by Crippen LogP contribution is 2.14. The van der Waals surface area contributed by atoms with Gasteiger partial charge < -0.3 is 5.73 Å². The number of rotatable bonds is 5. The maximum Gasteiger partial charge on any atom is 0.0314 e. The van der Waals surface area contributed by atoms with Gasteiger partial charge in [0.15, 0.2) is 0 Å². The standard InChI is InChI=1S/C17H22N2/c1-3-19(12-15-8-10-17(18)11-9-15)13-16-7-5-4-6-14(16)2/h4-11H,3,12-13,18H2,1-2H3. The highest BCUT2D eigenvalue weighted by atomic mass is 15.1. The minimum Gasteiger partial charge on any atom is -0.399 e. The number of hydrogen-bond donors (Lipinski definition) is 1. The molecule has 0 aliphatic carbocycles. The van der Waals surface area contributed by atoms with Crippen molar-refractivity contribution in [3.05, 3.63) is 65.2 Å². The molecule has 0 radical (unpaired) electrons. The molecule has 0 heterocycles. The van der Waals surface area contributed by atoms with E-state index in [9.17, 15) is 0 Å². The van der Waals surface area contributed by atoms with Crippen molar-refractivity contribution < 1.29 is 0 Å². The fourth-order valence-electron chi connectivity index (χ4n) is 2.19. The van der Waals surface area contributed by atoms with E-state index in [1.165, 1.54) is 16.7 Å². The van der Waals surface area contributed by atoms with Crippen LogP contribution in [0.3, 0.4) is 0 Å². The van der Waals surface area contributed by atoms with Crippen LogP contribution in [-0.4, -0.2) is 11.4 Å². The molecular weight excluding hydrogens is 232 g/mol. The monoisotopic (exact) mass is 254 g/mol. The molecule has 0 spiro atoms. The zero-order valence-electron chi connectivity index (χ0n) is 11.8. The second kappa shape index (κ2) is 6.39. The van der Waals surface area contributed by atoms with Gasteiger partial charge in [-0.05, 0) is 42.3 Å². The van der Waals surface area contributed by atoms with E-state index in [0.717, 1.165) is 25.3 Å². The van der Waals surface area contributed by atoms with Crippen LogP contribution in [0, 0.1) is 6.92 Å². The Kier molecular flexibility index (Phi) is 4.58. The van der Waals surface area contributed by atoms with Gasteiger partial charge in [0.1, 0.15) is 0 Å². The van der Waals surface area contributed by atoms with E-state index in [4.69, 9.17) is 5.73 Å². The smallest absolute Gasteiger partial charge is 0.0314 e. The van der Waals surface area contributed by atoms with Gasteiger partial charge in [-0.3, -0.25) is 4.90 Å². The molecule has 0 atom stereocenters. The van der Waals surface area contributed by atoms with Gasteiger partial charge in [-0.15, -0.1) is 0 Å². The molecule has 100 valence electrons. The zero-order chi connectivity index (χ0) is 13.7. The van der Waals surface area contributed by atoms with Crippen LogP contribution in [-0.2, 0) is 13.1 Å². The summed E-state index contributed by atoms with van der Waals surface area (Å²) in [5, 5.41) is 0. The first-order valence-electron chi connectivity index (χ1n) is 6.80. The Balaban J connectivity index is 2.05. The van der Waals surface area contributed by atoms with E-state index in [1.54, 1.807) is 0 Å². The lowest BCUT2D eigenvalue weighted by Gasteiger charge is -2.21. The summed E-state index contributed by atoms with van der Waals surface area (Å²) < 4.78 is 0. The summed E-state index contributed by atoms with van der Waals surface area (Å²) >= 11 is 0. The third kappa shape index (κ3) is 3.83. The summed E-state index contributed by atoms with van der Waals surface area (Å²) in [5.41, 5.74) is 10.6. The Morgan fingerprint density at radius 3 is 2.26 bits per heavy atom. The van der Waals surface area contributed by atoms with E-state index >= 15 is 0 Å². The molecule has 2 N–H and O–H groups in total. The van der Waals surface area contributed by atoms with Crippen LogP contribution in [0.4, 0.5) is 5.69 Å². The van der Waals surface area contributed by atoms with Crippen molar-refractivity contribution in [2.45, 2.75) is 26.9 Å². The van der Waals surface area contributed by atoms with Gasteiger partial charge in [0.05, 0.1) is 0 Å². The molecular formula is C17H22N2. The van der Waals surface area contributed by atoms with Crippen LogP contribution in [0.2, 0.25) is 0 Å². The van der Waals surface area contributed by atoms with Gasteiger partial charge in [-0.1, -0.05) is 43.3 Å². The lowest BCUT2D eigenvalue weighted by Crippen LogP contribution is -2.22. The maximum absolute atomic E-state index is 5.72. The van der Waals surface area contributed by atoms with Crippen LogP contribution in [0.25, 0.3) is 0 Å². The fourth-order valence-corrected chi connectivity index (χ4v) is 2.19. The van der Waals surface area contributed by atoms with E-state index in [0.29, 0.717) is 0 Å². The molecule has 2 nitrogen and oxygen atoms in total. The van der Waals surface area contributed by atoms with E-state index in [2.05, 4.69) is 55.1 Å². The Bertz CT molecular complexity index is 517. The second-order valence-electron chi connectivity index (χ2n) is 4.97. The Morgan fingerprint density at radius 1 is 0.947 bits per heavy atom. The molecule has 2 heteroatoms. The van der Waals surface area contributed by atoms with Crippen molar-refractivity contribution in [1.29, 1.82) is 0 Å². The topological polar surface area (TPSA) is 29.3 Å². The molecule has 0 aliphatic rings. The minimum atomic E-state index is 0.825. The van der Waals surface area contributed by atoms with Gasteiger partial charge >= 0.3 is 0 Å². The number of aryl methyl sites for hydroxylation is 1. The normalized spacial score (nSPS) is 10.9. The van der Waals surface area contributed by atoms with Crippen molar-refractivity contribution in [3.63, 3.8) is 0 Å². The first-order chi connectivity index (χ1) is 9.19. The SMILES string of the molecule is CCN(Cc1ccc(N)cc1)Cc1ccccc1C. The molecule has 0 aromatic heterocycles. The Morgan fingerprint density at radius 2 is 1.63 bits per heavy atom. The molecule has 0 aliphatic heterocycles. The molecule has 0 saturated carbocycles. The van der Waals surface area contributed by atoms with Crippen LogP contribution in [0.1, 0.15) is 23.6 Å². The quantitative estimate of drug-likeness (QED) is 0.826. The van der Waals surface area contributed by atoms with Crippen molar-refractivity contribution in [2.75, 3.05) is 12.3 Å². The van der Waals surface area contributed by atoms with Gasteiger partial charge in [-0.2, -0.15) is 0 Å². The molecule has 2 rings (SSSR count). The lowest BCUT2D eigenvalue weighted by atomic mass is 10.1. The molecule has 0 saturated heterocycles. The summed E-state index contributed by atoms with van der Waals surface area (Å²) in [4.78, 5) is 2.44. The average Bonchev–Trinajstić information content (AvgIpc) is 2.43. The molecule has 19 heavy (non-hydrogen) atoms. The van der Waals surface area contributed by atoms with Gasteiger partial charge in [0.25, 0.3) is 0 Å². The van der Waals surface area contributed by atoms with Crippen LogP contribution in [0.15, 0.2) is 48.5 Å². The highest BCUT2D eigenvalue weighted by molar-refractivity contribution is 5.39. The van der Waals surface area contributed by atoms with Gasteiger partial charge in [0.2, 0.25) is 0 Å². The summed E-state index contributed by atoms with van der Waals surface area (Å²) in [6.07, 6.45) is 0. The summed E-state index contributed by atoms with van der Waals surface area (Å²) in [5.74, 6) is 0. The number of anilines is 1. The number of nitrogen functional groups attached to an aromatic ring is 1. The van der Waals surface area contributed by atoms with E-state index in [-0.39, 0.29) is 0 Å². The molecule has 2 aromatic rings. The van der Waals surface area contributed by atoms with Gasteiger partial charge in [-0.25, -0.2) is 0 Å². The molecule has 0 unspecified atom stereocenters. The largest absolute Gasteiger partial charge is 0.399 e. The number of nitrogens with zero attached hydrogens (tertiary/aromatic N) is 1. The van der Waals surface area contributed by atoms with Gasteiger partial charge in [0, 0.05) is 18.8 Å². The third-order valence-corrected chi connectivity index (χ3v) is 3.49. The minimum absolute atomic E-state index is 0.825. The van der Waals surface area contributed by atoms with Crippen molar-refractivity contribution in [2.24, 2.45) is 0 Å². The maximum atomic E-state index is 5.72. The third-order valence-electron chi connectivity index (χ3n) is 3.49. The first kappa shape index (κ1) is 13.6. The zero-order valence-corrected chi connectivity index (χ0v) is 11.8. The molecule has 0 amide bonds. The predicted molar refractivity (Wildman–Crippen MR) is 81.8 cm³/mol. The summed E-state index contributed by atoms with van der Waals surface area (Å²) in [6, 6.07) is 16.7. The number of hydrogen-bond acceptors (Lipinski definition) is 2. The van der Waals surface area contributed by atoms with Crippen LogP contribution >= 0.6 is 0 Å². The molecule has 0 fully saturated rings. The summed E-state index contributed by atoms with van der Waals surface area (Å²) in [7, 11) is 0. The van der Waals surface area contributed by atoms with Crippen molar-refractivity contribution >= 4 is 5.69 Å². The Hall–Kier alpha value is -1.80.